The minimum Gasteiger partial charge on any atom is -0.351 e. The summed E-state index contributed by atoms with van der Waals surface area (Å²) < 4.78 is 43.0. The molecule has 2 fully saturated rings. The average Bonchev–Trinajstić information content (AvgIpc) is 3.32. The van der Waals surface area contributed by atoms with E-state index in [1.807, 2.05) is 11.8 Å². The molecular weight excluding hydrogens is 457 g/mol. The van der Waals surface area contributed by atoms with Crippen LogP contribution in [0.15, 0.2) is 30.3 Å². The lowest BCUT2D eigenvalue weighted by atomic mass is 9.90. The van der Waals surface area contributed by atoms with Crippen LogP contribution < -0.4 is 15.4 Å². The first-order valence-electron chi connectivity index (χ1n) is 11.5. The normalized spacial score (nSPS) is 22.8. The molecule has 34 heavy (non-hydrogen) atoms. The maximum atomic E-state index is 14.0. The van der Waals surface area contributed by atoms with E-state index in [4.69, 9.17) is 10.7 Å². The Hall–Kier alpha value is -2.56. The van der Waals surface area contributed by atoms with Gasteiger partial charge in [-0.3, -0.25) is 4.79 Å². The molecule has 0 radical (unpaired) electrons. The summed E-state index contributed by atoms with van der Waals surface area (Å²) in [6.07, 6.45) is 1.45. The molecular formula is C24H32FN5O3S. The number of carbonyl (C=O) groups excluding carboxylic acids is 1. The zero-order valence-corrected chi connectivity index (χ0v) is 20.8. The van der Waals surface area contributed by atoms with Crippen LogP contribution in [0.25, 0.3) is 11.3 Å². The van der Waals surface area contributed by atoms with Crippen molar-refractivity contribution in [1.29, 1.82) is 0 Å². The number of aromatic nitrogens is 1. The molecule has 2 atom stereocenters. The summed E-state index contributed by atoms with van der Waals surface area (Å²) in [6, 6.07) is 7.45. The van der Waals surface area contributed by atoms with Gasteiger partial charge in [-0.2, -0.15) is 12.7 Å². The minimum absolute atomic E-state index is 0.159. The van der Waals surface area contributed by atoms with Gasteiger partial charge in [0.1, 0.15) is 11.6 Å². The van der Waals surface area contributed by atoms with Crippen molar-refractivity contribution >= 4 is 21.9 Å². The standard InChI is InChI=1S/C24H32FN5O3S/c1-15-5-6-17(25)13-20(15)21-8-7-19(22(27-21)30-12-9-16(2)24(30,3)4)23(31)28-34(32,33)29-11-10-18(26)14-29/h5-8,13,16,18H,9-12,14,26H2,1-4H3,(H,28,31)/t16?,18-/m0/s1. The van der Waals surface area contributed by atoms with E-state index >= 15 is 0 Å². The minimum atomic E-state index is -4.04. The molecule has 8 nitrogen and oxygen atoms in total. The molecule has 0 aliphatic carbocycles. The van der Waals surface area contributed by atoms with Gasteiger partial charge in [-0.05, 0) is 69.4 Å². The number of hydrogen-bond acceptors (Lipinski definition) is 6. The number of amides is 1. The van der Waals surface area contributed by atoms with E-state index < -0.39 is 16.1 Å². The van der Waals surface area contributed by atoms with Crippen molar-refractivity contribution in [2.24, 2.45) is 11.7 Å². The lowest BCUT2D eigenvalue weighted by Gasteiger charge is -2.36. The van der Waals surface area contributed by atoms with Crippen LogP contribution in [0.1, 0.15) is 49.5 Å². The number of halogens is 1. The van der Waals surface area contributed by atoms with E-state index in [0.717, 1.165) is 12.0 Å². The third-order valence-corrected chi connectivity index (χ3v) is 8.74. The second kappa shape index (κ2) is 8.90. The SMILES string of the molecule is Cc1ccc(F)cc1-c1ccc(C(=O)NS(=O)(=O)N2CC[C@H](N)C2)c(N2CCC(C)C2(C)C)n1. The molecule has 3 heterocycles. The monoisotopic (exact) mass is 489 g/mol. The maximum Gasteiger partial charge on any atom is 0.304 e. The number of rotatable bonds is 5. The highest BCUT2D eigenvalue weighted by Gasteiger charge is 2.41. The van der Waals surface area contributed by atoms with Gasteiger partial charge in [0.25, 0.3) is 5.91 Å². The van der Waals surface area contributed by atoms with Gasteiger partial charge >= 0.3 is 10.2 Å². The fourth-order valence-electron chi connectivity index (χ4n) is 4.67. The summed E-state index contributed by atoms with van der Waals surface area (Å²) in [5, 5.41) is 0. The van der Waals surface area contributed by atoms with Gasteiger partial charge in [-0.1, -0.05) is 13.0 Å². The van der Waals surface area contributed by atoms with E-state index in [1.165, 1.54) is 16.4 Å². The van der Waals surface area contributed by atoms with Crippen molar-refractivity contribution in [3.8, 4) is 11.3 Å². The summed E-state index contributed by atoms with van der Waals surface area (Å²) in [5.74, 6) is -0.405. The summed E-state index contributed by atoms with van der Waals surface area (Å²) >= 11 is 0. The molecule has 1 amide bonds. The molecule has 0 saturated carbocycles. The molecule has 3 N–H and O–H groups in total. The van der Waals surface area contributed by atoms with E-state index in [0.29, 0.717) is 36.0 Å². The Morgan fingerprint density at radius 1 is 1.21 bits per heavy atom. The van der Waals surface area contributed by atoms with Gasteiger partial charge in [0, 0.05) is 36.8 Å². The number of nitrogens with two attached hydrogens (primary N) is 1. The van der Waals surface area contributed by atoms with Crippen molar-refractivity contribution in [3.63, 3.8) is 0 Å². The van der Waals surface area contributed by atoms with Crippen LogP contribution >= 0.6 is 0 Å². The Bertz CT molecular complexity index is 1220. The van der Waals surface area contributed by atoms with Gasteiger partial charge in [-0.25, -0.2) is 14.1 Å². The number of pyridine rings is 1. The molecule has 10 heteroatoms. The Balaban J connectivity index is 1.76. The van der Waals surface area contributed by atoms with Crippen molar-refractivity contribution in [1.82, 2.24) is 14.0 Å². The second-order valence-electron chi connectivity index (χ2n) is 9.86. The molecule has 0 spiro atoms. The summed E-state index contributed by atoms with van der Waals surface area (Å²) in [4.78, 5) is 20.1. The average molecular weight is 490 g/mol. The molecule has 2 saturated heterocycles. The number of aryl methyl sites for hydroxylation is 1. The first-order chi connectivity index (χ1) is 15.9. The number of anilines is 1. The molecule has 1 unspecified atom stereocenters. The molecule has 2 aliphatic heterocycles. The number of carbonyl (C=O) groups is 1. The van der Waals surface area contributed by atoms with E-state index in [9.17, 15) is 17.6 Å². The molecule has 1 aromatic carbocycles. The molecule has 2 aliphatic rings. The van der Waals surface area contributed by atoms with Gasteiger partial charge in [-0.15, -0.1) is 0 Å². The highest BCUT2D eigenvalue weighted by Crippen LogP contribution is 2.39. The largest absolute Gasteiger partial charge is 0.351 e. The predicted octanol–water partition coefficient (Wildman–Crippen LogP) is 2.83. The van der Waals surface area contributed by atoms with Crippen LogP contribution in [0.4, 0.5) is 10.2 Å². The number of nitrogens with one attached hydrogen (secondary N) is 1. The van der Waals surface area contributed by atoms with Crippen molar-refractivity contribution in [2.45, 2.75) is 52.1 Å². The zero-order valence-electron chi connectivity index (χ0n) is 20.0. The van der Waals surface area contributed by atoms with Crippen LogP contribution in [-0.4, -0.2) is 54.8 Å². The number of benzene rings is 1. The summed E-state index contributed by atoms with van der Waals surface area (Å²) in [6.45, 7) is 9.27. The lowest BCUT2D eigenvalue weighted by Crippen LogP contribution is -2.45. The van der Waals surface area contributed by atoms with Crippen molar-refractivity contribution in [2.75, 3.05) is 24.5 Å². The van der Waals surface area contributed by atoms with Gasteiger partial charge in [0.05, 0.1) is 11.3 Å². The third kappa shape index (κ3) is 4.54. The molecule has 0 bridgehead atoms. The Morgan fingerprint density at radius 3 is 2.56 bits per heavy atom. The Morgan fingerprint density at radius 2 is 1.94 bits per heavy atom. The maximum absolute atomic E-state index is 14.0. The first-order valence-corrected chi connectivity index (χ1v) is 13.0. The smallest absolute Gasteiger partial charge is 0.304 e. The van der Waals surface area contributed by atoms with Crippen LogP contribution in [0.5, 0.6) is 0 Å². The van der Waals surface area contributed by atoms with E-state index in [2.05, 4.69) is 25.5 Å². The fraction of sp³-hybridized carbons (Fsp3) is 0.500. The summed E-state index contributed by atoms with van der Waals surface area (Å²) in [5.41, 5.74) is 7.69. The van der Waals surface area contributed by atoms with Crippen molar-refractivity contribution in [3.05, 3.63) is 47.3 Å². The van der Waals surface area contributed by atoms with Gasteiger partial charge < -0.3 is 10.6 Å². The van der Waals surface area contributed by atoms with Gasteiger partial charge in [0.15, 0.2) is 0 Å². The van der Waals surface area contributed by atoms with E-state index in [-0.39, 0.29) is 36.1 Å². The number of hydrogen-bond donors (Lipinski definition) is 2. The fourth-order valence-corrected chi connectivity index (χ4v) is 5.88. The second-order valence-corrected chi connectivity index (χ2v) is 11.5. The van der Waals surface area contributed by atoms with Crippen LogP contribution in [0.2, 0.25) is 0 Å². The highest BCUT2D eigenvalue weighted by molar-refractivity contribution is 7.87. The van der Waals surface area contributed by atoms with Crippen LogP contribution in [0.3, 0.4) is 0 Å². The topological polar surface area (TPSA) is 109 Å². The van der Waals surface area contributed by atoms with Crippen LogP contribution in [-0.2, 0) is 10.2 Å². The predicted molar refractivity (Wildman–Crippen MR) is 130 cm³/mol. The highest BCUT2D eigenvalue weighted by atomic mass is 32.2. The molecule has 184 valence electrons. The zero-order chi connectivity index (χ0) is 24.8. The quantitative estimate of drug-likeness (QED) is 0.669. The molecule has 4 rings (SSSR count). The number of nitrogens with zero attached hydrogens (tertiary/aromatic N) is 3. The Labute approximate surface area is 200 Å². The third-order valence-electron chi connectivity index (χ3n) is 7.29. The molecule has 2 aromatic rings. The van der Waals surface area contributed by atoms with Crippen LogP contribution in [0, 0.1) is 18.7 Å². The van der Waals surface area contributed by atoms with Crippen molar-refractivity contribution < 1.29 is 17.6 Å². The summed E-state index contributed by atoms with van der Waals surface area (Å²) in [7, 11) is -4.04. The van der Waals surface area contributed by atoms with E-state index in [1.54, 1.807) is 18.2 Å². The van der Waals surface area contributed by atoms with Gasteiger partial charge in [0.2, 0.25) is 0 Å². The Kier molecular flexibility index (Phi) is 6.43. The lowest BCUT2D eigenvalue weighted by molar-refractivity contribution is 0.0979. The first kappa shape index (κ1) is 24.6. The molecule has 1 aromatic heterocycles.